The van der Waals surface area contributed by atoms with Crippen LogP contribution in [0.4, 0.5) is 0 Å². The van der Waals surface area contributed by atoms with Crippen LogP contribution in [0.1, 0.15) is 27.7 Å². The van der Waals surface area contributed by atoms with Crippen LogP contribution in [0.2, 0.25) is 0 Å². The fourth-order valence-electron chi connectivity index (χ4n) is 3.83. The van der Waals surface area contributed by atoms with Gasteiger partial charge in [0.25, 0.3) is 0 Å². The molecule has 4 heteroatoms. The van der Waals surface area contributed by atoms with Crippen molar-refractivity contribution < 1.29 is 14.8 Å². The molecule has 30 heavy (non-hydrogen) atoms. The van der Waals surface area contributed by atoms with Crippen LogP contribution in [0.15, 0.2) is 78.9 Å². The molecule has 0 radical (unpaired) electrons. The van der Waals surface area contributed by atoms with Gasteiger partial charge in [0.15, 0.2) is 0 Å². The van der Waals surface area contributed by atoms with Crippen LogP contribution in [0, 0.1) is 0 Å². The highest BCUT2D eigenvalue weighted by Crippen LogP contribution is 2.36. The van der Waals surface area contributed by atoms with Crippen LogP contribution >= 0.6 is 0 Å². The average molecular weight is 398 g/mol. The lowest BCUT2D eigenvalue weighted by Crippen LogP contribution is -2.53. The van der Waals surface area contributed by atoms with Crippen molar-refractivity contribution in [1.82, 2.24) is 0 Å². The summed E-state index contributed by atoms with van der Waals surface area (Å²) in [6, 6.07) is 26.5. The number of fused-ring (bicyclic) bond motifs is 2. The minimum absolute atomic E-state index is 0.721. The van der Waals surface area contributed by atoms with E-state index in [1.165, 1.54) is 0 Å². The molecule has 0 heterocycles. The molecule has 2 N–H and O–H groups in total. The number of hydrogen-bond donors (Lipinski definition) is 2. The predicted octanol–water partition coefficient (Wildman–Crippen LogP) is 4.91. The smallest absolute Gasteiger partial charge is 0.423 e. The van der Waals surface area contributed by atoms with Crippen molar-refractivity contribution >= 4 is 34.1 Å². The second-order valence-electron chi connectivity index (χ2n) is 8.79. The Balaban J connectivity index is 2.02. The Labute approximate surface area is 178 Å². The maximum atomic E-state index is 11.2. The zero-order valence-corrected chi connectivity index (χ0v) is 17.9. The summed E-state index contributed by atoms with van der Waals surface area (Å²) < 4.78 is 6.06. The van der Waals surface area contributed by atoms with Crippen molar-refractivity contribution in [2.45, 2.75) is 38.9 Å². The van der Waals surface area contributed by atoms with Gasteiger partial charge in [0, 0.05) is 0 Å². The highest BCUT2D eigenvalue weighted by atomic mass is 16.5. The molecular formula is C26H27BO3. The van der Waals surface area contributed by atoms with Crippen LogP contribution in [-0.4, -0.2) is 28.5 Å². The first-order chi connectivity index (χ1) is 14.2. The Morgan fingerprint density at radius 2 is 1.10 bits per heavy atom. The molecule has 0 aliphatic heterocycles. The van der Waals surface area contributed by atoms with E-state index in [1.807, 2.05) is 54.6 Å². The monoisotopic (exact) mass is 398 g/mol. The molecule has 0 aliphatic carbocycles. The molecule has 4 aromatic carbocycles. The average Bonchev–Trinajstić information content (AvgIpc) is 2.71. The van der Waals surface area contributed by atoms with Gasteiger partial charge in [-0.1, -0.05) is 78.9 Å². The third kappa shape index (κ3) is 3.52. The molecule has 0 saturated heterocycles. The fourth-order valence-corrected chi connectivity index (χ4v) is 3.83. The van der Waals surface area contributed by atoms with E-state index in [0.717, 1.165) is 38.1 Å². The summed E-state index contributed by atoms with van der Waals surface area (Å²) in [5.41, 5.74) is 0.914. The van der Waals surface area contributed by atoms with Crippen molar-refractivity contribution in [3.05, 3.63) is 78.9 Å². The van der Waals surface area contributed by atoms with E-state index in [-0.39, 0.29) is 0 Å². The first-order valence-corrected chi connectivity index (χ1v) is 10.3. The number of aliphatic hydroxyl groups is 1. The zero-order chi connectivity index (χ0) is 21.5. The van der Waals surface area contributed by atoms with Crippen LogP contribution in [0.5, 0.6) is 0 Å². The molecule has 0 bridgehead atoms. The Morgan fingerprint density at radius 1 is 0.667 bits per heavy atom. The van der Waals surface area contributed by atoms with Crippen LogP contribution in [0.3, 0.4) is 0 Å². The fraction of sp³-hybridized carbons (Fsp3) is 0.231. The first-order valence-electron chi connectivity index (χ1n) is 10.3. The van der Waals surface area contributed by atoms with Crippen LogP contribution < -0.4 is 5.46 Å². The van der Waals surface area contributed by atoms with Crippen molar-refractivity contribution in [3.8, 4) is 11.1 Å². The lowest BCUT2D eigenvalue weighted by atomic mass is 9.70. The van der Waals surface area contributed by atoms with Crippen molar-refractivity contribution in [3.63, 3.8) is 0 Å². The van der Waals surface area contributed by atoms with Gasteiger partial charge < -0.3 is 14.8 Å². The molecule has 0 saturated carbocycles. The van der Waals surface area contributed by atoms with Gasteiger partial charge >= 0.3 is 7.12 Å². The van der Waals surface area contributed by atoms with Gasteiger partial charge in [-0.25, -0.2) is 0 Å². The summed E-state index contributed by atoms with van der Waals surface area (Å²) in [4.78, 5) is 0. The Bertz CT molecular complexity index is 1140. The molecular weight excluding hydrogens is 371 g/mol. The number of benzene rings is 4. The summed E-state index contributed by atoms with van der Waals surface area (Å²) >= 11 is 0. The Hall–Kier alpha value is -2.66. The molecule has 0 amide bonds. The summed E-state index contributed by atoms with van der Waals surface area (Å²) in [7, 11) is -1.19. The normalized spacial score (nSPS) is 12.5. The van der Waals surface area contributed by atoms with Gasteiger partial charge in [-0.2, -0.15) is 0 Å². The summed E-state index contributed by atoms with van der Waals surface area (Å²) in [5.74, 6) is 0. The van der Waals surface area contributed by atoms with Gasteiger partial charge in [0.2, 0.25) is 0 Å². The van der Waals surface area contributed by atoms with Gasteiger partial charge in [0.1, 0.15) is 0 Å². The van der Waals surface area contributed by atoms with E-state index in [9.17, 15) is 10.1 Å². The van der Waals surface area contributed by atoms with Crippen LogP contribution in [-0.2, 0) is 4.65 Å². The van der Waals surface area contributed by atoms with Gasteiger partial charge in [-0.3, -0.25) is 0 Å². The third-order valence-electron chi connectivity index (χ3n) is 6.16. The SMILES string of the molecule is CC(C)(O)C(C)(C)OB(O)c1c2ccccc2c(-c2ccccc2)c2ccccc12. The van der Waals surface area contributed by atoms with Gasteiger partial charge in [-0.05, 0) is 65.8 Å². The maximum absolute atomic E-state index is 11.2. The highest BCUT2D eigenvalue weighted by molar-refractivity contribution is 6.67. The Morgan fingerprint density at radius 3 is 1.57 bits per heavy atom. The molecule has 0 atom stereocenters. The Kier molecular flexibility index (Phi) is 5.19. The lowest BCUT2D eigenvalue weighted by Gasteiger charge is -2.38. The second kappa shape index (κ2) is 7.55. The van der Waals surface area contributed by atoms with E-state index in [4.69, 9.17) is 4.65 Å². The molecule has 0 unspecified atom stereocenters. The largest absolute Gasteiger partial charge is 0.492 e. The maximum Gasteiger partial charge on any atom is 0.492 e. The van der Waals surface area contributed by atoms with Gasteiger partial charge in [0.05, 0.1) is 11.2 Å². The first kappa shape index (κ1) is 20.6. The lowest BCUT2D eigenvalue weighted by molar-refractivity contribution is -0.0982. The van der Waals surface area contributed by atoms with E-state index in [0.29, 0.717) is 0 Å². The molecule has 4 rings (SSSR count). The van der Waals surface area contributed by atoms with E-state index in [1.54, 1.807) is 27.7 Å². The van der Waals surface area contributed by atoms with E-state index >= 15 is 0 Å². The zero-order valence-electron chi connectivity index (χ0n) is 17.9. The second-order valence-corrected chi connectivity index (χ2v) is 8.79. The minimum atomic E-state index is -1.19. The molecule has 3 nitrogen and oxygen atoms in total. The topological polar surface area (TPSA) is 49.7 Å². The van der Waals surface area contributed by atoms with Gasteiger partial charge in [-0.15, -0.1) is 0 Å². The molecule has 4 aromatic rings. The predicted molar refractivity (Wildman–Crippen MR) is 126 cm³/mol. The summed E-state index contributed by atoms with van der Waals surface area (Å²) in [5, 5.41) is 25.8. The number of rotatable bonds is 5. The molecule has 0 aromatic heterocycles. The van der Waals surface area contributed by atoms with E-state index in [2.05, 4.69) is 24.3 Å². The van der Waals surface area contributed by atoms with Crippen molar-refractivity contribution in [2.24, 2.45) is 0 Å². The molecule has 152 valence electrons. The summed E-state index contributed by atoms with van der Waals surface area (Å²) in [6.45, 7) is 6.96. The quantitative estimate of drug-likeness (QED) is 0.371. The number of hydrogen-bond acceptors (Lipinski definition) is 3. The standard InChI is InChI=1S/C26H27BO3/c1-25(2,28)26(3,4)30-27(29)24-21-16-10-8-14-19(21)23(18-12-6-5-7-13-18)20-15-9-11-17-22(20)24/h5-17,28-29H,1-4H3. The van der Waals surface area contributed by atoms with Crippen molar-refractivity contribution in [2.75, 3.05) is 0 Å². The van der Waals surface area contributed by atoms with Crippen molar-refractivity contribution in [1.29, 1.82) is 0 Å². The molecule has 0 aliphatic rings. The third-order valence-corrected chi connectivity index (χ3v) is 6.16. The summed E-state index contributed by atoms with van der Waals surface area (Å²) in [6.07, 6.45) is 0. The minimum Gasteiger partial charge on any atom is -0.423 e. The highest BCUT2D eigenvalue weighted by Gasteiger charge is 2.40. The van der Waals surface area contributed by atoms with E-state index < -0.39 is 18.3 Å². The van der Waals surface area contributed by atoms with Crippen LogP contribution in [0.25, 0.3) is 32.7 Å². The molecule has 0 spiro atoms. The molecule has 0 fully saturated rings.